The van der Waals surface area contributed by atoms with E-state index in [0.29, 0.717) is 16.9 Å². The van der Waals surface area contributed by atoms with Gasteiger partial charge in [-0.15, -0.1) is 0 Å². The highest BCUT2D eigenvalue weighted by atomic mass is 16.6. The molecule has 0 saturated carbocycles. The molecule has 0 aliphatic heterocycles. The highest BCUT2D eigenvalue weighted by Gasteiger charge is 2.16. The summed E-state index contributed by atoms with van der Waals surface area (Å²) >= 11 is 0. The number of amides is 3. The number of rotatable bonds is 5. The fourth-order valence-corrected chi connectivity index (χ4v) is 2.22. The zero-order chi connectivity index (χ0) is 20.7. The van der Waals surface area contributed by atoms with Crippen LogP contribution in [0.1, 0.15) is 36.7 Å². The van der Waals surface area contributed by atoms with Crippen molar-refractivity contribution >= 4 is 29.3 Å². The second-order valence-corrected chi connectivity index (χ2v) is 7.30. The van der Waals surface area contributed by atoms with Gasteiger partial charge in [0, 0.05) is 16.9 Å². The fraction of sp³-hybridized carbons (Fsp3) is 0.286. The Hall–Kier alpha value is -3.35. The summed E-state index contributed by atoms with van der Waals surface area (Å²) in [6, 6.07) is 14.0. The molecular weight excluding hydrogens is 358 g/mol. The molecule has 0 atom stereocenters. The number of carbonyl (C=O) groups is 3. The minimum Gasteiger partial charge on any atom is -0.444 e. The Kier molecular flexibility index (Phi) is 6.76. The molecule has 0 aliphatic carbocycles. The van der Waals surface area contributed by atoms with Gasteiger partial charge in [0.15, 0.2) is 0 Å². The number of nitrogens with one attached hydrogen (secondary N) is 3. The predicted octanol–water partition coefficient (Wildman–Crippen LogP) is 3.71. The van der Waals surface area contributed by atoms with E-state index in [9.17, 15) is 14.4 Å². The van der Waals surface area contributed by atoms with E-state index in [4.69, 9.17) is 4.74 Å². The smallest absolute Gasteiger partial charge is 0.408 e. The molecule has 0 fully saturated rings. The lowest BCUT2D eigenvalue weighted by Gasteiger charge is -2.19. The van der Waals surface area contributed by atoms with Crippen molar-refractivity contribution in [3.63, 3.8) is 0 Å². The Morgan fingerprint density at radius 2 is 1.39 bits per heavy atom. The third-order valence-corrected chi connectivity index (χ3v) is 3.53. The van der Waals surface area contributed by atoms with E-state index >= 15 is 0 Å². The van der Waals surface area contributed by atoms with Crippen LogP contribution in [0.5, 0.6) is 0 Å². The Bertz CT molecular complexity index is 837. The third kappa shape index (κ3) is 7.11. The van der Waals surface area contributed by atoms with Crippen LogP contribution in [0.4, 0.5) is 16.2 Å². The van der Waals surface area contributed by atoms with E-state index in [1.54, 1.807) is 57.2 Å². The number of hydrogen-bond acceptors (Lipinski definition) is 4. The van der Waals surface area contributed by atoms with Gasteiger partial charge in [-0.05, 0) is 64.1 Å². The molecule has 0 saturated heterocycles. The van der Waals surface area contributed by atoms with Crippen molar-refractivity contribution in [2.75, 3.05) is 17.2 Å². The van der Waals surface area contributed by atoms with Crippen molar-refractivity contribution in [3.8, 4) is 0 Å². The minimum atomic E-state index is -0.656. The summed E-state index contributed by atoms with van der Waals surface area (Å²) in [6.07, 6.45) is -0.656. The van der Waals surface area contributed by atoms with E-state index in [2.05, 4.69) is 16.0 Å². The van der Waals surface area contributed by atoms with Crippen LogP contribution in [0, 0.1) is 6.92 Å². The number of benzene rings is 2. The van der Waals surface area contributed by atoms with Crippen LogP contribution in [0.3, 0.4) is 0 Å². The number of hydrogen-bond donors (Lipinski definition) is 3. The van der Waals surface area contributed by atoms with E-state index in [1.165, 1.54) is 0 Å². The van der Waals surface area contributed by atoms with Crippen molar-refractivity contribution in [2.45, 2.75) is 33.3 Å². The molecule has 0 heterocycles. The van der Waals surface area contributed by atoms with E-state index < -0.39 is 11.7 Å². The third-order valence-electron chi connectivity index (χ3n) is 3.53. The second-order valence-electron chi connectivity index (χ2n) is 7.30. The second kappa shape index (κ2) is 9.03. The molecule has 2 aromatic rings. The Morgan fingerprint density at radius 3 is 1.93 bits per heavy atom. The molecular formula is C21H25N3O4. The molecule has 0 bridgehead atoms. The largest absolute Gasteiger partial charge is 0.444 e. The maximum atomic E-state index is 12.2. The first kappa shape index (κ1) is 21.0. The fourth-order valence-electron chi connectivity index (χ4n) is 2.22. The summed E-state index contributed by atoms with van der Waals surface area (Å²) in [7, 11) is 0. The molecule has 3 amide bonds. The quantitative estimate of drug-likeness (QED) is 0.733. The normalized spacial score (nSPS) is 10.7. The molecule has 0 spiro atoms. The molecule has 28 heavy (non-hydrogen) atoms. The zero-order valence-electron chi connectivity index (χ0n) is 16.5. The lowest BCUT2D eigenvalue weighted by Crippen LogP contribution is -2.37. The standard InChI is InChI=1S/C21H25N3O4/c1-14-5-7-15(8-6-14)19(26)24-17-11-9-16(10-12-17)23-18(25)13-22-20(27)28-21(2,3)4/h5-12H,13H2,1-4H3,(H,22,27)(H,23,25)(H,24,26). The molecule has 3 N–H and O–H groups in total. The molecule has 148 valence electrons. The van der Waals surface area contributed by atoms with Crippen molar-refractivity contribution in [1.82, 2.24) is 5.32 Å². The van der Waals surface area contributed by atoms with Gasteiger partial charge in [-0.1, -0.05) is 17.7 Å². The highest BCUT2D eigenvalue weighted by Crippen LogP contribution is 2.15. The van der Waals surface area contributed by atoms with Gasteiger partial charge in [-0.25, -0.2) is 4.79 Å². The predicted molar refractivity (Wildman–Crippen MR) is 108 cm³/mol. The molecule has 0 unspecified atom stereocenters. The Morgan fingerprint density at radius 1 is 0.857 bits per heavy atom. The average molecular weight is 383 g/mol. The molecule has 7 heteroatoms. The van der Waals surface area contributed by atoms with Crippen LogP contribution in [0.25, 0.3) is 0 Å². The van der Waals surface area contributed by atoms with Crippen LogP contribution in [0.15, 0.2) is 48.5 Å². The van der Waals surface area contributed by atoms with Gasteiger partial charge >= 0.3 is 6.09 Å². The van der Waals surface area contributed by atoms with Gasteiger partial charge in [0.25, 0.3) is 5.91 Å². The molecule has 0 aliphatic rings. The summed E-state index contributed by atoms with van der Waals surface area (Å²) in [5.74, 6) is -0.597. The topological polar surface area (TPSA) is 96.5 Å². The van der Waals surface area contributed by atoms with Gasteiger partial charge in [0.05, 0.1) is 0 Å². The Balaban J connectivity index is 1.83. The van der Waals surface area contributed by atoms with Crippen LogP contribution in [-0.2, 0) is 9.53 Å². The number of anilines is 2. The van der Waals surface area contributed by atoms with Crippen molar-refractivity contribution in [1.29, 1.82) is 0 Å². The lowest BCUT2D eigenvalue weighted by atomic mass is 10.1. The number of aryl methyl sites for hydroxylation is 1. The monoisotopic (exact) mass is 383 g/mol. The maximum absolute atomic E-state index is 12.2. The van der Waals surface area contributed by atoms with Crippen molar-refractivity contribution < 1.29 is 19.1 Å². The lowest BCUT2D eigenvalue weighted by molar-refractivity contribution is -0.115. The van der Waals surface area contributed by atoms with Gasteiger partial charge in [0.1, 0.15) is 12.1 Å². The van der Waals surface area contributed by atoms with Gasteiger partial charge < -0.3 is 20.7 Å². The average Bonchev–Trinajstić information content (AvgIpc) is 2.61. The minimum absolute atomic E-state index is 0.208. The van der Waals surface area contributed by atoms with E-state index in [1.807, 2.05) is 19.1 Å². The van der Waals surface area contributed by atoms with Crippen molar-refractivity contribution in [2.24, 2.45) is 0 Å². The number of alkyl carbamates (subject to hydrolysis) is 1. The van der Waals surface area contributed by atoms with Crippen LogP contribution in [0.2, 0.25) is 0 Å². The molecule has 0 aromatic heterocycles. The summed E-state index contributed by atoms with van der Waals surface area (Å²) in [4.78, 5) is 35.7. The summed E-state index contributed by atoms with van der Waals surface area (Å²) < 4.78 is 5.06. The highest BCUT2D eigenvalue weighted by molar-refractivity contribution is 6.04. The summed E-state index contributed by atoms with van der Waals surface area (Å²) in [5.41, 5.74) is 2.17. The first-order valence-corrected chi connectivity index (χ1v) is 8.87. The van der Waals surface area contributed by atoms with Crippen LogP contribution >= 0.6 is 0 Å². The van der Waals surface area contributed by atoms with Gasteiger partial charge in [-0.3, -0.25) is 9.59 Å². The summed E-state index contributed by atoms with van der Waals surface area (Å²) in [5, 5.41) is 7.84. The van der Waals surface area contributed by atoms with E-state index in [-0.39, 0.29) is 18.4 Å². The van der Waals surface area contributed by atoms with E-state index in [0.717, 1.165) is 5.56 Å². The number of carbonyl (C=O) groups excluding carboxylic acids is 3. The molecule has 2 rings (SSSR count). The van der Waals surface area contributed by atoms with Gasteiger partial charge in [-0.2, -0.15) is 0 Å². The first-order valence-electron chi connectivity index (χ1n) is 8.87. The zero-order valence-corrected chi connectivity index (χ0v) is 16.5. The van der Waals surface area contributed by atoms with Gasteiger partial charge in [0.2, 0.25) is 5.91 Å². The SMILES string of the molecule is Cc1ccc(C(=O)Nc2ccc(NC(=O)CNC(=O)OC(C)(C)C)cc2)cc1. The first-order chi connectivity index (χ1) is 13.1. The van der Waals surface area contributed by atoms with Crippen LogP contribution < -0.4 is 16.0 Å². The Labute approximate surface area is 164 Å². The van der Waals surface area contributed by atoms with Crippen LogP contribution in [-0.4, -0.2) is 30.1 Å². The molecule has 0 radical (unpaired) electrons. The molecule has 7 nitrogen and oxygen atoms in total. The maximum Gasteiger partial charge on any atom is 0.408 e. The number of ether oxygens (including phenoxy) is 1. The molecule has 2 aromatic carbocycles. The summed E-state index contributed by atoms with van der Waals surface area (Å²) in [6.45, 7) is 6.97. The van der Waals surface area contributed by atoms with Crippen molar-refractivity contribution in [3.05, 3.63) is 59.7 Å².